The molecule has 2 aliphatic heterocycles. The maximum Gasteiger partial charge on any atom is 1.00 e. The first-order chi connectivity index (χ1) is 8.18. The van der Waals surface area contributed by atoms with Gasteiger partial charge in [0.25, 0.3) is 0 Å². The Hall–Kier alpha value is -0.280. The monoisotopic (exact) mass is 296 g/mol. The molecule has 0 aliphatic carbocycles. The van der Waals surface area contributed by atoms with Gasteiger partial charge in [-0.25, -0.2) is 0 Å². The number of carboxylic acid groups (broad SMARTS) is 1. The van der Waals surface area contributed by atoms with Gasteiger partial charge in [0.15, 0.2) is 0 Å². The fraction of sp³-hybridized carbons (Fsp3) is 0.700. The quantitative estimate of drug-likeness (QED) is 0.395. The summed E-state index contributed by atoms with van der Waals surface area (Å²) >= 11 is 1.23. The van der Waals surface area contributed by atoms with Crippen molar-refractivity contribution in [3.8, 4) is 0 Å². The largest absolute Gasteiger partial charge is 1.00 e. The zero-order chi connectivity index (χ0) is 13.8. The standard InChI is InChI=1S/C10H14N2O5S.Na/c1-10(2)5(9(16)17)12-7(15)3(8(12)18-10)4(13)6(11)14;/h3-5,8,13H,1-2H3,(H2,11,14)(H,16,17);/q;+1/p-1/t3-,4+,5+,8-;/m1./s1. The number of carbonyl (C=O) groups excluding carboxylic acids is 3. The first-order valence-corrected chi connectivity index (χ1v) is 6.24. The van der Waals surface area contributed by atoms with Crippen LogP contribution >= 0.6 is 11.8 Å². The van der Waals surface area contributed by atoms with Gasteiger partial charge in [-0.15, -0.1) is 11.8 Å². The van der Waals surface area contributed by atoms with Crippen molar-refractivity contribution in [1.29, 1.82) is 0 Å². The Kier molecular flexibility index (Phi) is 4.63. The average molecular weight is 296 g/mol. The number of aliphatic carboxylic acids is 1. The second-order valence-corrected chi connectivity index (χ2v) is 6.72. The van der Waals surface area contributed by atoms with E-state index in [4.69, 9.17) is 5.73 Å². The first-order valence-electron chi connectivity index (χ1n) is 5.36. The molecule has 2 heterocycles. The molecule has 0 spiro atoms. The SMILES string of the molecule is CC1(C)S[C@@H]2[C@H]([C@H](O)C(N)=O)C(=O)N2[C@H]1C(=O)[O-].[Na+]. The Morgan fingerprint density at radius 1 is 1.53 bits per heavy atom. The van der Waals surface area contributed by atoms with Gasteiger partial charge in [0.2, 0.25) is 11.8 Å². The van der Waals surface area contributed by atoms with E-state index in [0.717, 1.165) is 4.90 Å². The number of carboxylic acids is 1. The Labute approximate surface area is 136 Å². The summed E-state index contributed by atoms with van der Waals surface area (Å²) in [5.74, 6) is -3.85. The van der Waals surface area contributed by atoms with Gasteiger partial charge in [0.05, 0.1) is 17.4 Å². The molecular weight excluding hydrogens is 283 g/mol. The number of hydrogen-bond acceptors (Lipinski definition) is 6. The fourth-order valence-electron chi connectivity index (χ4n) is 2.49. The summed E-state index contributed by atoms with van der Waals surface area (Å²) in [6.45, 7) is 3.36. The number of primary amides is 1. The minimum Gasteiger partial charge on any atom is -0.548 e. The van der Waals surface area contributed by atoms with Crippen LogP contribution in [0.15, 0.2) is 0 Å². The van der Waals surface area contributed by atoms with Crippen LogP contribution in [0.25, 0.3) is 0 Å². The smallest absolute Gasteiger partial charge is 0.548 e. The molecule has 2 aliphatic rings. The molecule has 0 bridgehead atoms. The van der Waals surface area contributed by atoms with Crippen molar-refractivity contribution >= 4 is 29.5 Å². The number of hydrogen-bond donors (Lipinski definition) is 2. The van der Waals surface area contributed by atoms with Gasteiger partial charge >= 0.3 is 29.6 Å². The summed E-state index contributed by atoms with van der Waals surface area (Å²) in [5, 5.41) is 20.1. The molecule has 2 amide bonds. The van der Waals surface area contributed by atoms with Gasteiger partial charge in [0, 0.05) is 4.75 Å². The van der Waals surface area contributed by atoms with E-state index in [9.17, 15) is 24.6 Å². The molecule has 100 valence electrons. The van der Waals surface area contributed by atoms with Crippen LogP contribution in [0.4, 0.5) is 0 Å². The molecule has 2 saturated heterocycles. The number of β-lactam (4-membered cyclic amide) rings is 1. The summed E-state index contributed by atoms with van der Waals surface area (Å²) in [5.41, 5.74) is 4.96. The van der Waals surface area contributed by atoms with Gasteiger partial charge in [-0.1, -0.05) is 0 Å². The molecule has 0 aromatic carbocycles. The molecule has 7 nitrogen and oxygen atoms in total. The number of carbonyl (C=O) groups is 3. The second kappa shape index (κ2) is 5.25. The third-order valence-electron chi connectivity index (χ3n) is 3.34. The third kappa shape index (κ3) is 2.40. The number of aliphatic hydroxyl groups is 1. The van der Waals surface area contributed by atoms with E-state index >= 15 is 0 Å². The van der Waals surface area contributed by atoms with Gasteiger partial charge in [-0.05, 0) is 13.8 Å². The number of aliphatic hydroxyl groups excluding tert-OH is 1. The van der Waals surface area contributed by atoms with E-state index in [0.29, 0.717) is 0 Å². The minimum atomic E-state index is -1.58. The molecule has 0 unspecified atom stereocenters. The summed E-state index contributed by atoms with van der Waals surface area (Å²) in [6, 6.07) is -1.06. The van der Waals surface area contributed by atoms with E-state index in [1.54, 1.807) is 13.8 Å². The summed E-state index contributed by atoms with van der Waals surface area (Å²) in [7, 11) is 0. The van der Waals surface area contributed by atoms with Crippen molar-refractivity contribution in [2.45, 2.75) is 36.1 Å². The zero-order valence-electron chi connectivity index (χ0n) is 10.8. The van der Waals surface area contributed by atoms with Crippen molar-refractivity contribution in [2.24, 2.45) is 11.7 Å². The average Bonchev–Trinajstić information content (AvgIpc) is 2.47. The first kappa shape index (κ1) is 16.8. The van der Waals surface area contributed by atoms with Crippen LogP contribution in [0.1, 0.15) is 13.8 Å². The molecule has 0 radical (unpaired) electrons. The molecule has 3 N–H and O–H groups in total. The van der Waals surface area contributed by atoms with E-state index in [1.165, 1.54) is 11.8 Å². The van der Waals surface area contributed by atoms with Crippen molar-refractivity contribution in [2.75, 3.05) is 0 Å². The van der Waals surface area contributed by atoms with E-state index in [2.05, 4.69) is 0 Å². The second-order valence-electron chi connectivity index (χ2n) is 4.95. The molecule has 9 heteroatoms. The van der Waals surface area contributed by atoms with E-state index < -0.39 is 46.0 Å². The number of nitrogens with zero attached hydrogens (tertiary/aromatic N) is 1. The predicted molar refractivity (Wildman–Crippen MR) is 59.8 cm³/mol. The Morgan fingerprint density at radius 3 is 2.47 bits per heavy atom. The van der Waals surface area contributed by atoms with Gasteiger partial charge in [-0.2, -0.15) is 0 Å². The molecule has 4 atom stereocenters. The van der Waals surface area contributed by atoms with Crippen LogP contribution in [0.2, 0.25) is 0 Å². The Balaban J connectivity index is 0.00000180. The van der Waals surface area contributed by atoms with Gasteiger partial charge in [0.1, 0.15) is 12.0 Å². The third-order valence-corrected chi connectivity index (χ3v) is 4.93. The van der Waals surface area contributed by atoms with Crippen LogP contribution in [-0.4, -0.2) is 50.1 Å². The maximum absolute atomic E-state index is 11.8. The molecule has 0 saturated carbocycles. The summed E-state index contributed by atoms with van der Waals surface area (Å²) in [4.78, 5) is 35.0. The van der Waals surface area contributed by atoms with E-state index in [-0.39, 0.29) is 29.6 Å². The van der Waals surface area contributed by atoms with Crippen molar-refractivity contribution in [1.82, 2.24) is 4.90 Å². The minimum absolute atomic E-state index is 0. The van der Waals surface area contributed by atoms with Crippen LogP contribution in [-0.2, 0) is 14.4 Å². The van der Waals surface area contributed by atoms with Crippen LogP contribution in [0, 0.1) is 5.92 Å². The van der Waals surface area contributed by atoms with Gasteiger partial charge in [-0.3, -0.25) is 9.59 Å². The Morgan fingerprint density at radius 2 is 2.05 bits per heavy atom. The topological polar surface area (TPSA) is 124 Å². The van der Waals surface area contributed by atoms with Crippen molar-refractivity contribution in [3.63, 3.8) is 0 Å². The van der Waals surface area contributed by atoms with Crippen LogP contribution in [0.3, 0.4) is 0 Å². The Bertz CT molecular complexity index is 444. The summed E-state index contributed by atoms with van der Waals surface area (Å²) < 4.78 is -0.731. The zero-order valence-corrected chi connectivity index (χ0v) is 13.6. The maximum atomic E-state index is 11.8. The molecule has 2 rings (SSSR count). The van der Waals surface area contributed by atoms with E-state index in [1.807, 2.05) is 0 Å². The van der Waals surface area contributed by atoms with Crippen molar-refractivity contribution < 1.29 is 54.2 Å². The van der Waals surface area contributed by atoms with Gasteiger partial charge < -0.3 is 25.6 Å². The number of amides is 2. The predicted octanol–water partition coefficient (Wildman–Crippen LogP) is -5.73. The number of nitrogens with two attached hydrogens (primary N) is 1. The number of thioether (sulfide) groups is 1. The summed E-state index contributed by atoms with van der Waals surface area (Å²) in [6.07, 6.45) is -1.58. The molecule has 2 fully saturated rings. The van der Waals surface area contributed by atoms with Crippen LogP contribution in [0.5, 0.6) is 0 Å². The fourth-order valence-corrected chi connectivity index (χ4v) is 4.20. The molecular formula is C10H13N2NaO5S. The number of fused-ring (bicyclic) bond motifs is 1. The van der Waals surface area contributed by atoms with Crippen LogP contribution < -0.4 is 40.4 Å². The molecule has 19 heavy (non-hydrogen) atoms. The normalized spacial score (nSPS) is 32.9. The molecule has 0 aromatic heterocycles. The van der Waals surface area contributed by atoms with Crippen molar-refractivity contribution in [3.05, 3.63) is 0 Å². The number of rotatable bonds is 3. The molecule has 0 aromatic rings.